The van der Waals surface area contributed by atoms with Gasteiger partial charge in [0.05, 0.1) is 13.1 Å². The number of carboxylic acid groups (broad SMARTS) is 1. The molecular weight excluding hydrogens is 268 g/mol. The Morgan fingerprint density at radius 3 is 2.33 bits per heavy atom. The fourth-order valence-electron chi connectivity index (χ4n) is 2.15. The number of hydrogen-bond acceptors (Lipinski definition) is 3. The molecule has 0 radical (unpaired) electrons. The topological polar surface area (TPSA) is 60.9 Å². The van der Waals surface area contributed by atoms with Crippen molar-refractivity contribution in [2.75, 3.05) is 24.5 Å². The van der Waals surface area contributed by atoms with Gasteiger partial charge in [-0.3, -0.25) is 14.5 Å². The number of nitrogens with zero attached hydrogens (tertiary/aromatic N) is 2. The highest BCUT2D eigenvalue weighted by Crippen LogP contribution is 2.17. The molecule has 1 amide bonds. The molecule has 0 heterocycles. The number of carbonyl (C=O) groups excluding carboxylic acids is 1. The minimum absolute atomic E-state index is 0.00434. The first kappa shape index (κ1) is 16.9. The highest BCUT2D eigenvalue weighted by molar-refractivity contribution is 5.95. The summed E-state index contributed by atoms with van der Waals surface area (Å²) in [6, 6.07) is 9.37. The van der Waals surface area contributed by atoms with E-state index in [9.17, 15) is 9.59 Å². The smallest absolute Gasteiger partial charge is 0.317 e. The molecule has 0 aliphatic rings. The van der Waals surface area contributed by atoms with Crippen LogP contribution in [-0.4, -0.2) is 47.6 Å². The van der Waals surface area contributed by atoms with E-state index >= 15 is 0 Å². The molecular formula is C16H22N2O3. The molecule has 1 aromatic rings. The molecule has 0 aliphatic heterocycles. The molecule has 0 saturated heterocycles. The lowest BCUT2D eigenvalue weighted by Crippen LogP contribution is -2.45. The number of hydrogen-bond donors (Lipinski definition) is 1. The molecule has 21 heavy (non-hydrogen) atoms. The summed E-state index contributed by atoms with van der Waals surface area (Å²) in [4.78, 5) is 26.6. The predicted octanol–water partition coefficient (Wildman–Crippen LogP) is 2.00. The van der Waals surface area contributed by atoms with Crippen molar-refractivity contribution in [3.63, 3.8) is 0 Å². The Labute approximate surface area is 125 Å². The molecule has 0 aliphatic carbocycles. The molecule has 114 valence electrons. The summed E-state index contributed by atoms with van der Waals surface area (Å²) >= 11 is 0. The van der Waals surface area contributed by atoms with E-state index in [1.165, 1.54) is 0 Å². The maximum absolute atomic E-state index is 12.5. The fourth-order valence-corrected chi connectivity index (χ4v) is 2.15. The quantitative estimate of drug-likeness (QED) is 0.744. The lowest BCUT2D eigenvalue weighted by Gasteiger charge is -2.29. The second kappa shape index (κ2) is 8.21. The van der Waals surface area contributed by atoms with Gasteiger partial charge in [-0.15, -0.1) is 6.58 Å². The third-order valence-corrected chi connectivity index (χ3v) is 2.92. The van der Waals surface area contributed by atoms with Crippen LogP contribution >= 0.6 is 0 Å². The summed E-state index contributed by atoms with van der Waals surface area (Å²) in [7, 11) is 0. The second-order valence-corrected chi connectivity index (χ2v) is 5.05. The standard InChI is InChI=1S/C16H22N2O3/c1-4-10-17(12-16(20)21)11-15(19)18(13(2)3)14-8-6-5-7-9-14/h4-9,13H,1,10-12H2,2-3H3,(H,20,21). The minimum atomic E-state index is -0.958. The molecule has 0 atom stereocenters. The Morgan fingerprint density at radius 1 is 1.24 bits per heavy atom. The van der Waals surface area contributed by atoms with Crippen molar-refractivity contribution in [1.82, 2.24) is 4.90 Å². The van der Waals surface area contributed by atoms with Crippen molar-refractivity contribution in [3.8, 4) is 0 Å². The van der Waals surface area contributed by atoms with Crippen LogP contribution in [-0.2, 0) is 9.59 Å². The van der Waals surface area contributed by atoms with E-state index in [1.807, 2.05) is 44.2 Å². The van der Waals surface area contributed by atoms with Crippen molar-refractivity contribution >= 4 is 17.6 Å². The molecule has 0 bridgehead atoms. The lowest BCUT2D eigenvalue weighted by molar-refractivity contribution is -0.138. The van der Waals surface area contributed by atoms with Gasteiger partial charge in [0.2, 0.25) is 5.91 Å². The number of carboxylic acids is 1. The number of amides is 1. The van der Waals surface area contributed by atoms with Crippen LogP contribution in [0.4, 0.5) is 5.69 Å². The molecule has 0 unspecified atom stereocenters. The molecule has 5 heteroatoms. The Balaban J connectivity index is 2.86. The SMILES string of the molecule is C=CCN(CC(=O)O)CC(=O)N(c1ccccc1)C(C)C. The Kier molecular flexibility index (Phi) is 6.62. The Bertz CT molecular complexity index is 486. The van der Waals surface area contributed by atoms with Crippen LogP contribution in [0.1, 0.15) is 13.8 Å². The van der Waals surface area contributed by atoms with Crippen molar-refractivity contribution < 1.29 is 14.7 Å². The average Bonchev–Trinajstić information content (AvgIpc) is 2.39. The van der Waals surface area contributed by atoms with Gasteiger partial charge < -0.3 is 10.0 Å². The van der Waals surface area contributed by atoms with Gasteiger partial charge in [-0.05, 0) is 26.0 Å². The van der Waals surface area contributed by atoms with E-state index in [0.29, 0.717) is 6.54 Å². The number of carbonyl (C=O) groups is 2. The summed E-state index contributed by atoms with van der Waals surface area (Å²) < 4.78 is 0. The maximum atomic E-state index is 12.5. The van der Waals surface area contributed by atoms with E-state index in [2.05, 4.69) is 6.58 Å². The monoisotopic (exact) mass is 290 g/mol. The summed E-state index contributed by atoms with van der Waals surface area (Å²) in [5.74, 6) is -1.08. The molecule has 0 spiro atoms. The van der Waals surface area contributed by atoms with Crippen molar-refractivity contribution in [1.29, 1.82) is 0 Å². The number of anilines is 1. The number of aliphatic carboxylic acids is 1. The van der Waals surface area contributed by atoms with Gasteiger partial charge in [0.1, 0.15) is 0 Å². The van der Waals surface area contributed by atoms with E-state index in [-0.39, 0.29) is 25.0 Å². The van der Waals surface area contributed by atoms with Crippen LogP contribution in [0.2, 0.25) is 0 Å². The highest BCUT2D eigenvalue weighted by atomic mass is 16.4. The van der Waals surface area contributed by atoms with Crippen molar-refractivity contribution in [2.45, 2.75) is 19.9 Å². The molecule has 1 rings (SSSR count). The molecule has 1 aromatic carbocycles. The van der Waals surface area contributed by atoms with E-state index < -0.39 is 5.97 Å². The lowest BCUT2D eigenvalue weighted by atomic mass is 10.2. The van der Waals surface area contributed by atoms with Crippen LogP contribution in [0.3, 0.4) is 0 Å². The summed E-state index contributed by atoms with van der Waals surface area (Å²) in [6.07, 6.45) is 1.60. The number of benzene rings is 1. The van der Waals surface area contributed by atoms with Gasteiger partial charge in [0, 0.05) is 18.3 Å². The summed E-state index contributed by atoms with van der Waals surface area (Å²) in [5, 5.41) is 8.89. The zero-order valence-corrected chi connectivity index (χ0v) is 12.5. The largest absolute Gasteiger partial charge is 0.480 e. The molecule has 0 fully saturated rings. The third kappa shape index (κ3) is 5.39. The first-order valence-electron chi connectivity index (χ1n) is 6.87. The van der Waals surface area contributed by atoms with Crippen LogP contribution in [0.5, 0.6) is 0 Å². The van der Waals surface area contributed by atoms with E-state index in [1.54, 1.807) is 15.9 Å². The van der Waals surface area contributed by atoms with E-state index in [0.717, 1.165) is 5.69 Å². The van der Waals surface area contributed by atoms with Crippen LogP contribution in [0.15, 0.2) is 43.0 Å². The zero-order chi connectivity index (χ0) is 15.8. The van der Waals surface area contributed by atoms with Gasteiger partial charge in [0.15, 0.2) is 0 Å². The highest BCUT2D eigenvalue weighted by Gasteiger charge is 2.21. The Morgan fingerprint density at radius 2 is 1.86 bits per heavy atom. The van der Waals surface area contributed by atoms with Crippen LogP contribution < -0.4 is 4.90 Å². The van der Waals surface area contributed by atoms with Gasteiger partial charge in [-0.25, -0.2) is 0 Å². The number of para-hydroxylation sites is 1. The first-order chi connectivity index (χ1) is 9.95. The van der Waals surface area contributed by atoms with Crippen LogP contribution in [0, 0.1) is 0 Å². The molecule has 1 N–H and O–H groups in total. The predicted molar refractivity (Wildman–Crippen MR) is 83.3 cm³/mol. The first-order valence-corrected chi connectivity index (χ1v) is 6.87. The van der Waals surface area contributed by atoms with Gasteiger partial charge in [-0.2, -0.15) is 0 Å². The minimum Gasteiger partial charge on any atom is -0.480 e. The van der Waals surface area contributed by atoms with E-state index in [4.69, 9.17) is 5.11 Å². The molecule has 0 saturated carbocycles. The number of rotatable bonds is 8. The normalized spacial score (nSPS) is 10.7. The maximum Gasteiger partial charge on any atom is 0.317 e. The van der Waals surface area contributed by atoms with Crippen molar-refractivity contribution in [2.24, 2.45) is 0 Å². The van der Waals surface area contributed by atoms with Gasteiger partial charge in [-0.1, -0.05) is 24.3 Å². The third-order valence-electron chi connectivity index (χ3n) is 2.92. The van der Waals surface area contributed by atoms with Crippen molar-refractivity contribution in [3.05, 3.63) is 43.0 Å². The Hall–Kier alpha value is -2.14. The summed E-state index contributed by atoms with van der Waals surface area (Å²) in [6.45, 7) is 7.68. The average molecular weight is 290 g/mol. The molecule has 5 nitrogen and oxygen atoms in total. The van der Waals surface area contributed by atoms with Gasteiger partial charge in [0.25, 0.3) is 0 Å². The summed E-state index contributed by atoms with van der Waals surface area (Å²) in [5.41, 5.74) is 0.811. The fraction of sp³-hybridized carbons (Fsp3) is 0.375. The molecule has 0 aromatic heterocycles. The van der Waals surface area contributed by atoms with Crippen LogP contribution in [0.25, 0.3) is 0 Å². The second-order valence-electron chi connectivity index (χ2n) is 5.05. The zero-order valence-electron chi connectivity index (χ0n) is 12.5. The van der Waals surface area contributed by atoms with Gasteiger partial charge >= 0.3 is 5.97 Å².